The Kier molecular flexibility index (Phi) is 5.29. The normalized spacial score (nSPS) is 10.2. The van der Waals surface area contributed by atoms with Gasteiger partial charge in [-0.2, -0.15) is 0 Å². The summed E-state index contributed by atoms with van der Waals surface area (Å²) >= 11 is 0. The highest BCUT2D eigenvalue weighted by Crippen LogP contribution is 2.16. The number of anilines is 2. The number of nitrogens with one attached hydrogen (secondary N) is 2. The molecular weight excluding hydrogens is 266 g/mol. The third kappa shape index (κ3) is 4.57. The quantitative estimate of drug-likeness (QED) is 0.801. The lowest BCUT2D eigenvalue weighted by molar-refractivity contribution is 0.0932. The molecule has 2 rings (SSSR count). The van der Waals surface area contributed by atoms with Gasteiger partial charge < -0.3 is 15.4 Å². The van der Waals surface area contributed by atoms with Crippen molar-refractivity contribution in [2.45, 2.75) is 6.92 Å². The number of hydrogen-bond donors (Lipinski definition) is 2. The Bertz CT molecular complexity index is 579. The summed E-state index contributed by atoms with van der Waals surface area (Å²) in [7, 11) is 1.59. The molecule has 0 aliphatic heterocycles. The molecule has 5 heteroatoms. The largest absolute Gasteiger partial charge is 0.383 e. The molecule has 0 saturated heterocycles. The maximum absolute atomic E-state index is 11.8. The summed E-state index contributed by atoms with van der Waals surface area (Å²) in [6.07, 6.45) is 1.64. The van der Waals surface area contributed by atoms with E-state index in [0.29, 0.717) is 18.8 Å². The molecule has 0 fully saturated rings. The number of rotatable bonds is 6. The van der Waals surface area contributed by atoms with Crippen LogP contribution in [0.2, 0.25) is 0 Å². The number of amides is 1. The molecule has 0 spiro atoms. The van der Waals surface area contributed by atoms with E-state index >= 15 is 0 Å². The van der Waals surface area contributed by atoms with Gasteiger partial charge in [-0.25, -0.2) is 4.98 Å². The average Bonchev–Trinajstić information content (AvgIpc) is 2.50. The molecule has 5 nitrogen and oxygen atoms in total. The van der Waals surface area contributed by atoms with E-state index in [1.807, 2.05) is 37.3 Å². The van der Waals surface area contributed by atoms with E-state index in [-0.39, 0.29) is 5.91 Å². The van der Waals surface area contributed by atoms with Crippen LogP contribution in [0.5, 0.6) is 0 Å². The first-order valence-corrected chi connectivity index (χ1v) is 6.76. The summed E-state index contributed by atoms with van der Waals surface area (Å²) in [6, 6.07) is 11.6. The van der Waals surface area contributed by atoms with E-state index < -0.39 is 0 Å². The van der Waals surface area contributed by atoms with Crippen LogP contribution >= 0.6 is 0 Å². The van der Waals surface area contributed by atoms with Crippen LogP contribution < -0.4 is 10.6 Å². The lowest BCUT2D eigenvalue weighted by atomic mass is 10.2. The number of pyridine rings is 1. The topological polar surface area (TPSA) is 63.2 Å². The van der Waals surface area contributed by atoms with Gasteiger partial charge in [-0.3, -0.25) is 4.79 Å². The number of ether oxygens (including phenoxy) is 1. The van der Waals surface area contributed by atoms with Crippen molar-refractivity contribution in [2.24, 2.45) is 0 Å². The van der Waals surface area contributed by atoms with Gasteiger partial charge in [0, 0.05) is 19.3 Å². The summed E-state index contributed by atoms with van der Waals surface area (Å²) in [5, 5.41) is 5.96. The third-order valence-electron chi connectivity index (χ3n) is 2.93. The van der Waals surface area contributed by atoms with Crippen molar-refractivity contribution in [1.29, 1.82) is 0 Å². The van der Waals surface area contributed by atoms with Gasteiger partial charge in [-0.15, -0.1) is 0 Å². The number of methoxy groups -OCH3 is 1. The molecule has 1 aromatic heterocycles. The Morgan fingerprint density at radius 1 is 1.14 bits per heavy atom. The van der Waals surface area contributed by atoms with Crippen molar-refractivity contribution in [3.8, 4) is 0 Å². The van der Waals surface area contributed by atoms with Crippen LogP contribution in [0.4, 0.5) is 11.4 Å². The van der Waals surface area contributed by atoms with Crippen molar-refractivity contribution >= 4 is 17.3 Å². The van der Waals surface area contributed by atoms with Crippen LogP contribution in [0.3, 0.4) is 0 Å². The smallest absolute Gasteiger partial charge is 0.269 e. The standard InChI is InChI=1S/C16H19N3O2/c1-12-3-5-13(6-4-12)19-14-7-8-15(18-11-14)16(20)17-9-10-21-2/h3-8,11,19H,9-10H2,1-2H3,(H,17,20). The zero-order valence-electron chi connectivity index (χ0n) is 12.2. The maximum Gasteiger partial charge on any atom is 0.269 e. The fourth-order valence-electron chi connectivity index (χ4n) is 1.76. The third-order valence-corrected chi connectivity index (χ3v) is 2.93. The molecule has 1 heterocycles. The number of carbonyl (C=O) groups is 1. The number of hydrogen-bond acceptors (Lipinski definition) is 4. The number of aromatic nitrogens is 1. The number of aryl methyl sites for hydroxylation is 1. The second-order valence-electron chi connectivity index (χ2n) is 4.67. The van der Waals surface area contributed by atoms with E-state index in [2.05, 4.69) is 15.6 Å². The molecule has 0 aliphatic rings. The number of nitrogens with zero attached hydrogens (tertiary/aromatic N) is 1. The zero-order chi connectivity index (χ0) is 15.1. The van der Waals surface area contributed by atoms with E-state index in [1.54, 1.807) is 19.4 Å². The van der Waals surface area contributed by atoms with Crippen LogP contribution in [0.1, 0.15) is 16.1 Å². The number of benzene rings is 1. The van der Waals surface area contributed by atoms with E-state index in [4.69, 9.17) is 4.74 Å². The predicted molar refractivity (Wildman–Crippen MR) is 82.9 cm³/mol. The summed E-state index contributed by atoms with van der Waals surface area (Å²) in [4.78, 5) is 15.9. The fraction of sp³-hybridized carbons (Fsp3) is 0.250. The lowest BCUT2D eigenvalue weighted by Gasteiger charge is -2.07. The number of carbonyl (C=O) groups excluding carboxylic acids is 1. The van der Waals surface area contributed by atoms with Crippen molar-refractivity contribution in [1.82, 2.24) is 10.3 Å². The molecular formula is C16H19N3O2. The van der Waals surface area contributed by atoms with Gasteiger partial charge in [0.1, 0.15) is 5.69 Å². The summed E-state index contributed by atoms with van der Waals surface area (Å²) < 4.78 is 4.88. The molecule has 21 heavy (non-hydrogen) atoms. The zero-order valence-corrected chi connectivity index (χ0v) is 12.2. The highest BCUT2D eigenvalue weighted by molar-refractivity contribution is 5.92. The van der Waals surface area contributed by atoms with E-state index in [1.165, 1.54) is 5.56 Å². The fourth-order valence-corrected chi connectivity index (χ4v) is 1.76. The second kappa shape index (κ2) is 7.40. The Balaban J connectivity index is 1.95. The van der Waals surface area contributed by atoms with Crippen molar-refractivity contribution in [2.75, 3.05) is 25.6 Å². The molecule has 2 aromatic rings. The highest BCUT2D eigenvalue weighted by atomic mass is 16.5. The predicted octanol–water partition coefficient (Wildman–Crippen LogP) is 2.51. The first-order valence-electron chi connectivity index (χ1n) is 6.76. The molecule has 0 saturated carbocycles. The van der Waals surface area contributed by atoms with Crippen LogP contribution in [0.15, 0.2) is 42.6 Å². The van der Waals surface area contributed by atoms with E-state index in [0.717, 1.165) is 11.4 Å². The minimum atomic E-state index is -0.200. The molecule has 0 radical (unpaired) electrons. The van der Waals surface area contributed by atoms with Crippen LogP contribution in [-0.2, 0) is 4.74 Å². The molecule has 1 aromatic carbocycles. The van der Waals surface area contributed by atoms with Gasteiger partial charge in [0.2, 0.25) is 0 Å². The minimum Gasteiger partial charge on any atom is -0.383 e. The van der Waals surface area contributed by atoms with Crippen LogP contribution in [0.25, 0.3) is 0 Å². The lowest BCUT2D eigenvalue weighted by Crippen LogP contribution is -2.27. The SMILES string of the molecule is COCCNC(=O)c1ccc(Nc2ccc(C)cc2)cn1. The van der Waals surface area contributed by atoms with Gasteiger partial charge in [0.25, 0.3) is 5.91 Å². The molecule has 1 amide bonds. The van der Waals surface area contributed by atoms with Crippen molar-refractivity contribution in [3.63, 3.8) is 0 Å². The second-order valence-corrected chi connectivity index (χ2v) is 4.67. The summed E-state index contributed by atoms with van der Waals surface area (Å²) in [5.41, 5.74) is 3.43. The first kappa shape index (κ1) is 15.0. The van der Waals surface area contributed by atoms with Gasteiger partial charge in [0.05, 0.1) is 18.5 Å². The van der Waals surface area contributed by atoms with Crippen LogP contribution in [0, 0.1) is 6.92 Å². The van der Waals surface area contributed by atoms with Gasteiger partial charge in [0.15, 0.2) is 0 Å². The van der Waals surface area contributed by atoms with Crippen molar-refractivity contribution < 1.29 is 9.53 Å². The van der Waals surface area contributed by atoms with E-state index in [9.17, 15) is 4.79 Å². The highest BCUT2D eigenvalue weighted by Gasteiger charge is 2.06. The molecule has 110 valence electrons. The van der Waals surface area contributed by atoms with Gasteiger partial charge in [-0.05, 0) is 31.2 Å². The van der Waals surface area contributed by atoms with Gasteiger partial charge >= 0.3 is 0 Å². The van der Waals surface area contributed by atoms with Gasteiger partial charge in [-0.1, -0.05) is 17.7 Å². The maximum atomic E-state index is 11.8. The molecule has 2 N–H and O–H groups in total. The molecule has 0 aliphatic carbocycles. The van der Waals surface area contributed by atoms with Crippen molar-refractivity contribution in [3.05, 3.63) is 53.9 Å². The molecule has 0 unspecified atom stereocenters. The Morgan fingerprint density at radius 2 is 1.86 bits per heavy atom. The summed E-state index contributed by atoms with van der Waals surface area (Å²) in [6.45, 7) is 3.00. The van der Waals surface area contributed by atoms with Crippen LogP contribution in [-0.4, -0.2) is 31.2 Å². The Hall–Kier alpha value is -2.40. The summed E-state index contributed by atoms with van der Waals surface area (Å²) in [5.74, 6) is -0.200. The first-order chi connectivity index (χ1) is 10.2. The molecule has 0 atom stereocenters. The monoisotopic (exact) mass is 285 g/mol. The average molecular weight is 285 g/mol. The Labute approximate surface area is 124 Å². The Morgan fingerprint density at radius 3 is 2.48 bits per heavy atom. The molecule has 0 bridgehead atoms. The minimum absolute atomic E-state index is 0.200.